The predicted molar refractivity (Wildman–Crippen MR) is 126 cm³/mol. The molecule has 0 aliphatic rings. The molecule has 1 atom stereocenters. The monoisotopic (exact) mass is 446 g/mol. The zero-order chi connectivity index (χ0) is 22.9. The molecule has 7 nitrogen and oxygen atoms in total. The van der Waals surface area contributed by atoms with Gasteiger partial charge < -0.3 is 15.4 Å². The topological polar surface area (TPSA) is 83.0 Å². The van der Waals surface area contributed by atoms with Gasteiger partial charge in [-0.2, -0.15) is 0 Å². The van der Waals surface area contributed by atoms with Gasteiger partial charge in [0.05, 0.1) is 18.6 Å². The summed E-state index contributed by atoms with van der Waals surface area (Å²) in [6, 6.07) is 15.1. The number of aliphatic imine (C=N–C) groups is 1. The van der Waals surface area contributed by atoms with E-state index in [4.69, 9.17) is 4.74 Å². The average Bonchev–Trinajstić information content (AvgIpc) is 2.77. The number of guanidine groups is 1. The number of ether oxygens (including phenoxy) is 1. The molecule has 0 aliphatic heterocycles. The molecule has 0 heterocycles. The summed E-state index contributed by atoms with van der Waals surface area (Å²) in [5, 5.41) is 6.57. The van der Waals surface area contributed by atoms with Gasteiger partial charge in [-0.1, -0.05) is 37.3 Å². The van der Waals surface area contributed by atoms with Gasteiger partial charge in [-0.05, 0) is 48.6 Å². The minimum absolute atomic E-state index is 0.270. The van der Waals surface area contributed by atoms with Crippen LogP contribution in [0.3, 0.4) is 0 Å². The second-order valence-electron chi connectivity index (χ2n) is 7.48. The van der Waals surface area contributed by atoms with E-state index in [1.807, 2.05) is 25.1 Å². The van der Waals surface area contributed by atoms with Gasteiger partial charge in [-0.15, -0.1) is 0 Å². The molecule has 0 radical (unpaired) electrons. The molecule has 0 fully saturated rings. The summed E-state index contributed by atoms with van der Waals surface area (Å²) >= 11 is 0. The quantitative estimate of drug-likeness (QED) is 0.433. The number of rotatable bonds is 10. The Kier molecular flexibility index (Phi) is 9.33. The maximum atomic E-state index is 12.6. The number of hydrogen-bond acceptors (Lipinski definition) is 4. The molecular formula is C23H34N4O3S. The van der Waals surface area contributed by atoms with Crippen LogP contribution in [0.4, 0.5) is 0 Å². The summed E-state index contributed by atoms with van der Waals surface area (Å²) in [5.41, 5.74) is 1.92. The second kappa shape index (κ2) is 11.7. The zero-order valence-electron chi connectivity index (χ0n) is 19.1. The van der Waals surface area contributed by atoms with Crippen LogP contribution in [0.15, 0.2) is 58.4 Å². The fourth-order valence-corrected chi connectivity index (χ4v) is 4.20. The lowest BCUT2D eigenvalue weighted by Crippen LogP contribution is -2.38. The number of nitrogens with zero attached hydrogens (tertiary/aromatic N) is 2. The van der Waals surface area contributed by atoms with Crippen molar-refractivity contribution in [2.24, 2.45) is 4.99 Å². The molecule has 2 aromatic carbocycles. The van der Waals surface area contributed by atoms with Gasteiger partial charge >= 0.3 is 0 Å². The number of benzene rings is 2. The minimum atomic E-state index is -3.52. The van der Waals surface area contributed by atoms with Crippen molar-refractivity contribution in [3.8, 4) is 5.75 Å². The molecule has 0 spiro atoms. The molecule has 170 valence electrons. The molecule has 31 heavy (non-hydrogen) atoms. The third-order valence-electron chi connectivity index (χ3n) is 5.04. The smallest absolute Gasteiger partial charge is 0.242 e. The lowest BCUT2D eigenvalue weighted by Gasteiger charge is -2.16. The van der Waals surface area contributed by atoms with Crippen molar-refractivity contribution in [2.45, 2.75) is 37.6 Å². The van der Waals surface area contributed by atoms with E-state index in [1.165, 1.54) is 24.0 Å². The summed E-state index contributed by atoms with van der Waals surface area (Å²) in [4.78, 5) is 4.89. The van der Waals surface area contributed by atoms with Gasteiger partial charge in [0.15, 0.2) is 5.96 Å². The summed E-state index contributed by atoms with van der Waals surface area (Å²) in [6.45, 7) is 5.93. The Morgan fingerprint density at radius 1 is 1.10 bits per heavy atom. The van der Waals surface area contributed by atoms with E-state index in [9.17, 15) is 8.42 Å². The highest BCUT2D eigenvalue weighted by atomic mass is 32.2. The third-order valence-corrected chi connectivity index (χ3v) is 6.95. The first-order valence-electron chi connectivity index (χ1n) is 10.5. The molecule has 0 amide bonds. The van der Waals surface area contributed by atoms with Crippen molar-refractivity contribution in [2.75, 3.05) is 34.3 Å². The average molecular weight is 447 g/mol. The number of methoxy groups -OCH3 is 1. The van der Waals surface area contributed by atoms with Crippen LogP contribution in [0.2, 0.25) is 0 Å². The predicted octanol–water partition coefficient (Wildman–Crippen LogP) is 3.19. The van der Waals surface area contributed by atoms with E-state index < -0.39 is 10.0 Å². The van der Waals surface area contributed by atoms with Crippen molar-refractivity contribution in [3.63, 3.8) is 0 Å². The highest BCUT2D eigenvalue weighted by Crippen LogP contribution is 2.21. The Bertz CT molecular complexity index is 957. The first-order valence-corrected chi connectivity index (χ1v) is 11.9. The number of sulfonamides is 1. The highest BCUT2D eigenvalue weighted by Gasteiger charge is 2.20. The Morgan fingerprint density at radius 3 is 2.39 bits per heavy atom. The van der Waals surface area contributed by atoms with Crippen molar-refractivity contribution < 1.29 is 13.2 Å². The van der Waals surface area contributed by atoms with Crippen LogP contribution in [0.25, 0.3) is 0 Å². The van der Waals surface area contributed by atoms with Crippen LogP contribution < -0.4 is 15.4 Å². The minimum Gasteiger partial charge on any atom is -0.497 e. The van der Waals surface area contributed by atoms with E-state index in [-0.39, 0.29) is 11.4 Å². The Labute approximate surface area is 186 Å². The van der Waals surface area contributed by atoms with Gasteiger partial charge in [0.2, 0.25) is 10.0 Å². The van der Waals surface area contributed by atoms with Crippen molar-refractivity contribution in [1.82, 2.24) is 14.9 Å². The van der Waals surface area contributed by atoms with E-state index in [2.05, 4.69) is 34.7 Å². The molecule has 0 saturated carbocycles. The van der Waals surface area contributed by atoms with Crippen molar-refractivity contribution in [3.05, 3.63) is 59.7 Å². The summed E-state index contributed by atoms with van der Waals surface area (Å²) in [5.74, 6) is 1.90. The van der Waals surface area contributed by atoms with Crippen LogP contribution in [-0.4, -0.2) is 53.0 Å². The van der Waals surface area contributed by atoms with Gasteiger partial charge in [0.1, 0.15) is 5.75 Å². The first kappa shape index (κ1) is 24.7. The Hall–Kier alpha value is -2.58. The lowest BCUT2D eigenvalue weighted by molar-refractivity contribution is 0.414. The van der Waals surface area contributed by atoms with Crippen LogP contribution in [0, 0.1) is 0 Å². The standard InChI is InChI=1S/C23H34N4O3S/c1-6-24-23(25-16-15-18(2)19-11-13-21(30-5)14-12-19)26-17-20-9-7-8-10-22(20)31(28,29)27(3)4/h7-14,18H,6,15-17H2,1-5H3,(H2,24,25,26). The van der Waals surface area contributed by atoms with Crippen molar-refractivity contribution in [1.29, 1.82) is 0 Å². The van der Waals surface area contributed by atoms with Gasteiger partial charge in [-0.25, -0.2) is 17.7 Å². The maximum absolute atomic E-state index is 12.6. The number of nitrogens with one attached hydrogen (secondary N) is 2. The maximum Gasteiger partial charge on any atom is 0.242 e. The van der Waals surface area contributed by atoms with Crippen LogP contribution in [0.1, 0.15) is 37.3 Å². The van der Waals surface area contributed by atoms with E-state index in [0.717, 1.165) is 25.3 Å². The third kappa shape index (κ3) is 6.97. The van der Waals surface area contributed by atoms with Crippen LogP contribution >= 0.6 is 0 Å². The van der Waals surface area contributed by atoms with Gasteiger partial charge in [-0.3, -0.25) is 0 Å². The van der Waals surface area contributed by atoms with E-state index in [1.54, 1.807) is 25.3 Å². The first-order chi connectivity index (χ1) is 14.8. The highest BCUT2D eigenvalue weighted by molar-refractivity contribution is 7.89. The molecule has 8 heteroatoms. The molecule has 1 unspecified atom stereocenters. The zero-order valence-corrected chi connectivity index (χ0v) is 19.9. The number of hydrogen-bond donors (Lipinski definition) is 2. The summed E-state index contributed by atoms with van der Waals surface area (Å²) in [6.07, 6.45) is 0.933. The van der Waals surface area contributed by atoms with Crippen molar-refractivity contribution >= 4 is 16.0 Å². The fourth-order valence-electron chi connectivity index (χ4n) is 3.09. The van der Waals surface area contributed by atoms with E-state index >= 15 is 0 Å². The molecule has 0 aliphatic carbocycles. The van der Waals surface area contributed by atoms with Crippen LogP contribution in [-0.2, 0) is 16.6 Å². The lowest BCUT2D eigenvalue weighted by atomic mass is 9.98. The van der Waals surface area contributed by atoms with Gasteiger partial charge in [0, 0.05) is 27.2 Å². The summed E-state index contributed by atoms with van der Waals surface area (Å²) in [7, 11) is 1.21. The molecule has 0 aromatic heterocycles. The molecule has 2 rings (SSSR count). The molecule has 2 aromatic rings. The second-order valence-corrected chi connectivity index (χ2v) is 9.60. The van der Waals surface area contributed by atoms with Gasteiger partial charge in [0.25, 0.3) is 0 Å². The Morgan fingerprint density at radius 2 is 1.77 bits per heavy atom. The largest absolute Gasteiger partial charge is 0.497 e. The molecule has 0 saturated heterocycles. The molecular weight excluding hydrogens is 412 g/mol. The SMILES string of the molecule is CCNC(=NCc1ccccc1S(=O)(=O)N(C)C)NCCC(C)c1ccc(OC)cc1. The summed E-state index contributed by atoms with van der Waals surface area (Å²) < 4.78 is 31.6. The molecule has 0 bridgehead atoms. The molecule has 2 N–H and O–H groups in total. The normalized spacial score (nSPS) is 13.2. The van der Waals surface area contributed by atoms with E-state index in [0.29, 0.717) is 17.4 Å². The Balaban J connectivity index is 2.03. The fraction of sp³-hybridized carbons (Fsp3) is 0.435. The van der Waals surface area contributed by atoms with Crippen LogP contribution in [0.5, 0.6) is 5.75 Å².